The van der Waals surface area contributed by atoms with E-state index in [9.17, 15) is 20.1 Å². The molecule has 2 saturated heterocycles. The fourth-order valence-electron chi connectivity index (χ4n) is 5.87. The third-order valence-electron chi connectivity index (χ3n) is 7.41. The zero-order valence-corrected chi connectivity index (χ0v) is 17.7. The van der Waals surface area contributed by atoms with Gasteiger partial charge in [0.1, 0.15) is 11.7 Å². The van der Waals surface area contributed by atoms with Crippen molar-refractivity contribution < 1.29 is 29.6 Å². The molecule has 0 aromatic rings. The Labute approximate surface area is 167 Å². The van der Waals surface area contributed by atoms with Crippen LogP contribution in [0.2, 0.25) is 0 Å². The van der Waals surface area contributed by atoms with Crippen LogP contribution < -0.4 is 0 Å². The molecular weight excluding hydrogens is 360 g/mol. The summed E-state index contributed by atoms with van der Waals surface area (Å²) >= 11 is 0. The Morgan fingerprint density at radius 2 is 1.96 bits per heavy atom. The van der Waals surface area contributed by atoms with E-state index in [1.807, 2.05) is 6.92 Å². The van der Waals surface area contributed by atoms with Crippen LogP contribution in [0.3, 0.4) is 0 Å². The Kier molecular flexibility index (Phi) is 5.74. The van der Waals surface area contributed by atoms with Crippen molar-refractivity contribution >= 4 is 5.97 Å². The zero-order valence-electron chi connectivity index (χ0n) is 17.7. The summed E-state index contributed by atoms with van der Waals surface area (Å²) in [6.45, 7) is 13.3. The number of carbonyl (C=O) groups excluding carboxylic acids is 1. The number of hydrogen-bond acceptors (Lipinski definition) is 6. The molecule has 3 rings (SSSR count). The van der Waals surface area contributed by atoms with Gasteiger partial charge in [0.2, 0.25) is 0 Å². The molecule has 0 amide bonds. The Balaban J connectivity index is 2.10. The van der Waals surface area contributed by atoms with E-state index in [0.717, 1.165) is 5.57 Å². The van der Waals surface area contributed by atoms with Crippen molar-refractivity contribution in [2.24, 2.45) is 23.7 Å². The highest BCUT2D eigenvalue weighted by Gasteiger charge is 2.61. The predicted octanol–water partition coefficient (Wildman–Crippen LogP) is 2.20. The third kappa shape index (κ3) is 3.64. The van der Waals surface area contributed by atoms with E-state index < -0.39 is 29.5 Å². The second-order valence-electron chi connectivity index (χ2n) is 9.95. The van der Waals surface area contributed by atoms with Gasteiger partial charge in [-0.05, 0) is 50.5 Å². The number of carbonyl (C=O) groups is 1. The summed E-state index contributed by atoms with van der Waals surface area (Å²) in [5.41, 5.74) is -1.52. The maximum absolute atomic E-state index is 11.9. The zero-order chi connectivity index (χ0) is 21.0. The summed E-state index contributed by atoms with van der Waals surface area (Å²) in [7, 11) is 0. The van der Waals surface area contributed by atoms with Crippen molar-refractivity contribution in [1.82, 2.24) is 0 Å². The Morgan fingerprint density at radius 3 is 2.54 bits per heavy atom. The smallest absolute Gasteiger partial charge is 0.303 e. The summed E-state index contributed by atoms with van der Waals surface area (Å²) in [4.78, 5) is 11.9. The normalized spacial score (nSPS) is 49.2. The first-order valence-electron chi connectivity index (χ1n) is 10.5. The van der Waals surface area contributed by atoms with Gasteiger partial charge in [0.05, 0.1) is 23.9 Å². The lowest BCUT2D eigenvalue weighted by Gasteiger charge is -2.47. The first-order chi connectivity index (χ1) is 12.9. The second kappa shape index (κ2) is 7.38. The third-order valence-corrected chi connectivity index (χ3v) is 7.41. The van der Waals surface area contributed by atoms with Crippen molar-refractivity contribution in [2.75, 3.05) is 0 Å². The lowest BCUT2D eigenvalue weighted by molar-refractivity contribution is -0.179. The molecule has 0 radical (unpaired) electrons. The molecule has 2 bridgehead atoms. The summed E-state index contributed by atoms with van der Waals surface area (Å²) < 4.78 is 12.3. The molecule has 1 saturated carbocycles. The van der Waals surface area contributed by atoms with Gasteiger partial charge in [-0.15, -0.1) is 0 Å². The summed E-state index contributed by atoms with van der Waals surface area (Å²) in [6.07, 6.45) is -0.762. The molecular formula is C22H36O6. The van der Waals surface area contributed by atoms with Crippen molar-refractivity contribution in [1.29, 1.82) is 0 Å². The molecule has 2 heterocycles. The van der Waals surface area contributed by atoms with E-state index in [1.165, 1.54) is 6.92 Å². The molecule has 1 aliphatic carbocycles. The van der Waals surface area contributed by atoms with E-state index in [1.54, 1.807) is 6.92 Å². The number of hydrogen-bond donors (Lipinski definition) is 3. The highest BCUT2D eigenvalue weighted by atomic mass is 16.6. The summed E-state index contributed by atoms with van der Waals surface area (Å²) in [5.74, 6) is 0.00636. The average Bonchev–Trinajstić information content (AvgIpc) is 2.94. The standard InChI is InChI=1S/C22H36O6/c1-11(2)14-9-15(24)12(3)18-16-10-21(5,26)17(25)7-8-22(6,28-13(4)23)20(27-16)19(14)18/h11,14-20,24-26H,3,7-10H2,1-2,4-6H3/t14-,15+,16-,17+,18-,19-,20-,21+,22-/m1/s1. The number of ether oxygens (including phenoxy) is 2. The number of esters is 1. The molecule has 0 aromatic heterocycles. The van der Waals surface area contributed by atoms with Gasteiger partial charge in [-0.25, -0.2) is 0 Å². The Hall–Kier alpha value is -0.950. The second-order valence-corrected chi connectivity index (χ2v) is 9.95. The molecule has 28 heavy (non-hydrogen) atoms. The van der Waals surface area contributed by atoms with Crippen molar-refractivity contribution in [3.8, 4) is 0 Å². The molecule has 9 atom stereocenters. The van der Waals surface area contributed by atoms with Crippen LogP contribution in [0.25, 0.3) is 0 Å². The van der Waals surface area contributed by atoms with Gasteiger partial charge in [-0.3, -0.25) is 4.79 Å². The van der Waals surface area contributed by atoms with Gasteiger partial charge < -0.3 is 24.8 Å². The SMILES string of the molecule is C=C1[C@H]2[C@@H]([C@@H](C(C)C)C[C@@H]1O)[C@H]1O[C@@H]2C[C@](C)(O)[C@@H](O)CC[C@@]1(C)OC(C)=O. The predicted molar refractivity (Wildman–Crippen MR) is 104 cm³/mol. The lowest BCUT2D eigenvalue weighted by Crippen LogP contribution is -2.53. The van der Waals surface area contributed by atoms with Crippen LogP contribution in [-0.4, -0.2) is 56.9 Å². The lowest BCUT2D eigenvalue weighted by atomic mass is 9.60. The van der Waals surface area contributed by atoms with E-state index >= 15 is 0 Å². The largest absolute Gasteiger partial charge is 0.457 e. The molecule has 0 aromatic carbocycles. The van der Waals surface area contributed by atoms with Crippen molar-refractivity contribution in [2.45, 2.75) is 95.9 Å². The number of aliphatic hydroxyl groups is 3. The first-order valence-corrected chi connectivity index (χ1v) is 10.5. The molecule has 160 valence electrons. The van der Waals surface area contributed by atoms with E-state index in [-0.39, 0.29) is 36.2 Å². The number of fused-ring (bicyclic) bond motifs is 5. The Morgan fingerprint density at radius 1 is 1.32 bits per heavy atom. The fourth-order valence-corrected chi connectivity index (χ4v) is 5.87. The van der Waals surface area contributed by atoms with Crippen LogP contribution in [0.1, 0.15) is 60.3 Å². The minimum Gasteiger partial charge on any atom is -0.457 e. The van der Waals surface area contributed by atoms with Crippen molar-refractivity contribution in [3.05, 3.63) is 12.2 Å². The highest BCUT2D eigenvalue weighted by molar-refractivity contribution is 5.66. The number of aliphatic hydroxyl groups excluding tert-OH is 2. The molecule has 6 heteroatoms. The van der Waals surface area contributed by atoms with Crippen molar-refractivity contribution in [3.63, 3.8) is 0 Å². The minimum atomic E-state index is -1.33. The van der Waals surface area contributed by atoms with Gasteiger partial charge in [0.25, 0.3) is 0 Å². The quantitative estimate of drug-likeness (QED) is 0.489. The molecule has 3 fully saturated rings. The maximum Gasteiger partial charge on any atom is 0.303 e. The van der Waals surface area contributed by atoms with E-state index in [0.29, 0.717) is 25.2 Å². The molecule has 2 aliphatic heterocycles. The Bertz CT molecular complexity index is 629. The van der Waals surface area contributed by atoms with Crippen LogP contribution in [0.5, 0.6) is 0 Å². The van der Waals surface area contributed by atoms with Crippen LogP contribution in [0, 0.1) is 23.7 Å². The van der Waals surface area contributed by atoms with Crippen LogP contribution in [0.4, 0.5) is 0 Å². The van der Waals surface area contributed by atoms with Gasteiger partial charge >= 0.3 is 5.97 Å². The minimum absolute atomic E-state index is 0.0382. The summed E-state index contributed by atoms with van der Waals surface area (Å²) in [6, 6.07) is 0. The van der Waals surface area contributed by atoms with E-state index in [4.69, 9.17) is 9.47 Å². The monoisotopic (exact) mass is 396 g/mol. The van der Waals surface area contributed by atoms with Crippen LogP contribution in [-0.2, 0) is 14.3 Å². The van der Waals surface area contributed by atoms with Gasteiger partial charge in [-0.1, -0.05) is 20.4 Å². The maximum atomic E-state index is 11.9. The number of rotatable bonds is 2. The molecule has 3 N–H and O–H groups in total. The average molecular weight is 397 g/mol. The van der Waals surface area contributed by atoms with Crippen LogP contribution in [0.15, 0.2) is 12.2 Å². The van der Waals surface area contributed by atoms with Crippen LogP contribution >= 0.6 is 0 Å². The van der Waals surface area contributed by atoms with Gasteiger partial charge in [0, 0.05) is 25.2 Å². The molecule has 0 unspecified atom stereocenters. The molecule has 0 spiro atoms. The molecule has 3 aliphatic rings. The van der Waals surface area contributed by atoms with E-state index in [2.05, 4.69) is 20.4 Å². The fraction of sp³-hybridized carbons (Fsp3) is 0.864. The first kappa shape index (κ1) is 21.8. The molecule has 6 nitrogen and oxygen atoms in total. The van der Waals surface area contributed by atoms with Gasteiger partial charge in [0.15, 0.2) is 0 Å². The summed E-state index contributed by atoms with van der Waals surface area (Å²) in [5, 5.41) is 32.2. The van der Waals surface area contributed by atoms with Gasteiger partial charge in [-0.2, -0.15) is 0 Å². The topological polar surface area (TPSA) is 96.2 Å². The highest BCUT2D eigenvalue weighted by Crippen LogP contribution is 2.56.